The molecule has 0 spiro atoms. The van der Waals surface area contributed by atoms with Gasteiger partial charge in [-0.05, 0) is 64.7 Å². The van der Waals surface area contributed by atoms with E-state index in [2.05, 4.69) is 20.9 Å². The lowest BCUT2D eigenvalue weighted by Gasteiger charge is -2.13. The smallest absolute Gasteiger partial charge is 0.255 e. The van der Waals surface area contributed by atoms with E-state index in [1.165, 1.54) is 6.07 Å². The van der Waals surface area contributed by atoms with Crippen molar-refractivity contribution in [1.29, 1.82) is 0 Å². The third kappa shape index (κ3) is 5.64. The molecule has 0 fully saturated rings. The van der Waals surface area contributed by atoms with E-state index < -0.39 is 17.5 Å². The van der Waals surface area contributed by atoms with E-state index in [0.717, 1.165) is 28.8 Å². The van der Waals surface area contributed by atoms with E-state index in [4.69, 9.17) is 0 Å². The highest BCUT2D eigenvalue weighted by Gasteiger charge is 2.22. The average Bonchev–Trinajstić information content (AvgIpc) is 3.31. The van der Waals surface area contributed by atoms with Gasteiger partial charge in [-0.3, -0.25) is 9.59 Å². The summed E-state index contributed by atoms with van der Waals surface area (Å²) in [4.78, 5) is 29.2. The van der Waals surface area contributed by atoms with Crippen LogP contribution < -0.4 is 16.0 Å². The van der Waals surface area contributed by atoms with Gasteiger partial charge in [-0.25, -0.2) is 13.8 Å². The lowest BCUT2D eigenvalue weighted by Crippen LogP contribution is -2.24. The van der Waals surface area contributed by atoms with Gasteiger partial charge < -0.3 is 16.0 Å². The number of hydrogen-bond acceptors (Lipinski definition) is 4. The molecular formula is C29H26F2N4O2. The maximum atomic E-state index is 13.5. The Hall–Kier alpha value is -4.59. The van der Waals surface area contributed by atoms with E-state index in [1.807, 2.05) is 56.3 Å². The molecule has 37 heavy (non-hydrogen) atoms. The second-order valence-corrected chi connectivity index (χ2v) is 8.05. The molecule has 8 heteroatoms. The fraction of sp³-hybridized carbons (Fsp3) is 0.138. The number of fused-ring (bicyclic) bond motifs is 1. The zero-order valence-electron chi connectivity index (χ0n) is 20.4. The number of pyridine rings is 1. The number of amides is 2. The maximum absolute atomic E-state index is 13.5. The summed E-state index contributed by atoms with van der Waals surface area (Å²) >= 11 is 0. The predicted octanol–water partition coefficient (Wildman–Crippen LogP) is 5.97. The minimum absolute atomic E-state index is 0.0335. The number of halogens is 2. The first-order chi connectivity index (χ1) is 18.0. The van der Waals surface area contributed by atoms with Crippen LogP contribution in [-0.2, 0) is 13.1 Å². The first-order valence-corrected chi connectivity index (χ1v) is 11.9. The number of carbonyl (C=O) groups excluding carboxylic acids is 2. The van der Waals surface area contributed by atoms with Crippen molar-refractivity contribution >= 4 is 23.3 Å². The van der Waals surface area contributed by atoms with Crippen molar-refractivity contribution in [3.05, 3.63) is 113 Å². The summed E-state index contributed by atoms with van der Waals surface area (Å²) in [6, 6.07) is 20.0. The molecule has 0 saturated heterocycles. The number of anilines is 2. The molecule has 0 atom stereocenters. The lowest BCUT2D eigenvalue weighted by atomic mass is 9.96. The Kier molecular flexibility index (Phi) is 7.88. The summed E-state index contributed by atoms with van der Waals surface area (Å²) in [7, 11) is 0. The highest BCUT2D eigenvalue weighted by atomic mass is 19.2. The van der Waals surface area contributed by atoms with Gasteiger partial charge in [-0.1, -0.05) is 44.2 Å². The summed E-state index contributed by atoms with van der Waals surface area (Å²) in [6.45, 7) is 4.51. The first-order valence-electron chi connectivity index (χ1n) is 11.9. The molecule has 3 aromatic carbocycles. The molecule has 3 N–H and O–H groups in total. The second-order valence-electron chi connectivity index (χ2n) is 8.05. The van der Waals surface area contributed by atoms with E-state index in [0.29, 0.717) is 34.7 Å². The van der Waals surface area contributed by atoms with Crippen molar-refractivity contribution in [2.45, 2.75) is 26.9 Å². The Bertz CT molecular complexity index is 1460. The van der Waals surface area contributed by atoms with Crippen LogP contribution in [-0.4, -0.2) is 16.8 Å². The molecule has 4 aromatic rings. The number of aromatic nitrogens is 1. The maximum Gasteiger partial charge on any atom is 0.255 e. The van der Waals surface area contributed by atoms with Crippen LogP contribution in [0, 0.1) is 11.6 Å². The number of nitrogens with zero attached hydrogens (tertiary/aromatic N) is 1. The van der Waals surface area contributed by atoms with E-state index in [-0.39, 0.29) is 12.5 Å². The van der Waals surface area contributed by atoms with Crippen LogP contribution in [0.2, 0.25) is 0 Å². The molecule has 6 nitrogen and oxygen atoms in total. The van der Waals surface area contributed by atoms with Gasteiger partial charge in [0.1, 0.15) is 5.82 Å². The van der Waals surface area contributed by atoms with Gasteiger partial charge in [0, 0.05) is 30.5 Å². The molecule has 0 bridgehead atoms. The Morgan fingerprint density at radius 1 is 0.946 bits per heavy atom. The summed E-state index contributed by atoms with van der Waals surface area (Å²) in [5.74, 6) is -2.05. The molecule has 5 rings (SSSR count). The van der Waals surface area contributed by atoms with Gasteiger partial charge in [0.15, 0.2) is 11.6 Å². The SMILES string of the molecule is CC.O=C(NCc1ccc(F)c(F)c1)c1cccnc1Nc1cccc(-c2cccc3c2CNC3=O)c1. The van der Waals surface area contributed by atoms with Crippen molar-refractivity contribution in [3.63, 3.8) is 0 Å². The number of carbonyl (C=O) groups is 2. The lowest BCUT2D eigenvalue weighted by molar-refractivity contribution is 0.0947. The number of benzene rings is 3. The fourth-order valence-corrected chi connectivity index (χ4v) is 4.04. The topological polar surface area (TPSA) is 83.1 Å². The highest BCUT2D eigenvalue weighted by Crippen LogP contribution is 2.31. The third-order valence-electron chi connectivity index (χ3n) is 5.77. The Balaban J connectivity index is 0.00000156. The molecule has 2 heterocycles. The first kappa shape index (κ1) is 25.5. The van der Waals surface area contributed by atoms with Gasteiger partial charge in [0.25, 0.3) is 11.8 Å². The van der Waals surface area contributed by atoms with Crippen LogP contribution in [0.15, 0.2) is 79.0 Å². The number of rotatable bonds is 6. The van der Waals surface area contributed by atoms with Crippen LogP contribution in [0.3, 0.4) is 0 Å². The van der Waals surface area contributed by atoms with Crippen molar-refractivity contribution in [2.24, 2.45) is 0 Å². The summed E-state index contributed by atoms with van der Waals surface area (Å²) < 4.78 is 26.6. The molecule has 1 aromatic heterocycles. The third-order valence-corrected chi connectivity index (χ3v) is 5.77. The van der Waals surface area contributed by atoms with Crippen LogP contribution in [0.4, 0.5) is 20.3 Å². The van der Waals surface area contributed by atoms with Crippen molar-refractivity contribution in [3.8, 4) is 11.1 Å². The van der Waals surface area contributed by atoms with E-state index >= 15 is 0 Å². The summed E-state index contributed by atoms with van der Waals surface area (Å²) in [6.07, 6.45) is 1.57. The summed E-state index contributed by atoms with van der Waals surface area (Å²) in [5.41, 5.74) is 4.95. The normalized spacial score (nSPS) is 11.6. The van der Waals surface area contributed by atoms with Gasteiger partial charge >= 0.3 is 0 Å². The predicted molar refractivity (Wildman–Crippen MR) is 139 cm³/mol. The van der Waals surface area contributed by atoms with Crippen LogP contribution >= 0.6 is 0 Å². The zero-order chi connectivity index (χ0) is 26.4. The van der Waals surface area contributed by atoms with Crippen molar-refractivity contribution < 1.29 is 18.4 Å². The molecule has 0 saturated carbocycles. The Labute approximate surface area is 213 Å². The molecule has 188 valence electrons. The largest absolute Gasteiger partial charge is 0.348 e. The molecule has 0 aliphatic carbocycles. The van der Waals surface area contributed by atoms with Crippen LogP contribution in [0.5, 0.6) is 0 Å². The van der Waals surface area contributed by atoms with E-state index in [9.17, 15) is 18.4 Å². The fourth-order valence-electron chi connectivity index (χ4n) is 4.04. The molecule has 2 amide bonds. The molecular weight excluding hydrogens is 474 g/mol. The van der Waals surface area contributed by atoms with Gasteiger partial charge in [-0.2, -0.15) is 0 Å². The molecule has 1 aliphatic heterocycles. The quantitative estimate of drug-likeness (QED) is 0.305. The standard InChI is InChI=1S/C27H20F2N4O2.C2H6/c28-23-10-9-16(12-24(23)29)14-31-27(35)21-8-3-11-30-25(21)33-18-5-1-4-17(13-18)19-6-2-7-20-22(19)15-32-26(20)34;1-2/h1-13H,14-15H2,(H,30,33)(H,31,35)(H,32,34);1-2H3. The molecule has 1 aliphatic rings. The van der Waals surface area contributed by atoms with Gasteiger partial charge in [-0.15, -0.1) is 0 Å². The monoisotopic (exact) mass is 500 g/mol. The van der Waals surface area contributed by atoms with E-state index in [1.54, 1.807) is 18.3 Å². The highest BCUT2D eigenvalue weighted by molar-refractivity contribution is 6.01. The minimum Gasteiger partial charge on any atom is -0.348 e. The molecule has 0 unspecified atom stereocenters. The average molecular weight is 501 g/mol. The van der Waals surface area contributed by atoms with Gasteiger partial charge in [0.05, 0.1) is 5.56 Å². The van der Waals surface area contributed by atoms with Crippen molar-refractivity contribution in [1.82, 2.24) is 15.6 Å². The van der Waals surface area contributed by atoms with Crippen LogP contribution in [0.1, 0.15) is 45.7 Å². The Morgan fingerprint density at radius 2 is 1.73 bits per heavy atom. The number of nitrogens with one attached hydrogen (secondary N) is 3. The Morgan fingerprint density at radius 3 is 2.54 bits per heavy atom. The van der Waals surface area contributed by atoms with Crippen LogP contribution in [0.25, 0.3) is 11.1 Å². The van der Waals surface area contributed by atoms with Gasteiger partial charge in [0.2, 0.25) is 0 Å². The van der Waals surface area contributed by atoms with Crippen molar-refractivity contribution in [2.75, 3.05) is 5.32 Å². The second kappa shape index (κ2) is 11.4. The zero-order valence-corrected chi connectivity index (χ0v) is 20.4. The minimum atomic E-state index is -0.968. The number of hydrogen-bond donors (Lipinski definition) is 3. The molecule has 0 radical (unpaired) electrons. The summed E-state index contributed by atoms with van der Waals surface area (Å²) in [5, 5.41) is 8.75.